The van der Waals surface area contributed by atoms with Gasteiger partial charge in [0.2, 0.25) is 26.5 Å². The lowest BCUT2D eigenvalue weighted by molar-refractivity contribution is -0.150. The Labute approximate surface area is 213 Å². The molecule has 3 N–H and O–H groups in total. The van der Waals surface area contributed by atoms with Crippen molar-refractivity contribution in [3.05, 3.63) is 59.1 Å². The molecule has 0 radical (unpaired) electrons. The van der Waals surface area contributed by atoms with Crippen LogP contribution in [0.3, 0.4) is 0 Å². The van der Waals surface area contributed by atoms with Gasteiger partial charge in [0.15, 0.2) is 5.78 Å². The summed E-state index contributed by atoms with van der Waals surface area (Å²) < 4.78 is 26.5. The van der Waals surface area contributed by atoms with Crippen molar-refractivity contribution in [1.82, 2.24) is 10.2 Å². The van der Waals surface area contributed by atoms with Gasteiger partial charge in [-0.05, 0) is 48.4 Å². The number of anilines is 1. The number of sulfone groups is 1. The summed E-state index contributed by atoms with van der Waals surface area (Å²) in [4.78, 5) is 45.9. The van der Waals surface area contributed by atoms with Gasteiger partial charge in [-0.25, -0.2) is 8.42 Å². The first-order valence-electron chi connectivity index (χ1n) is 11.5. The van der Waals surface area contributed by atoms with Gasteiger partial charge in [-0.15, -0.1) is 0 Å². The number of fused-ring (bicyclic) bond motifs is 1. The maximum atomic E-state index is 13.3. The first kappa shape index (κ1) is 25.8. The molecule has 5 rings (SSSR count). The summed E-state index contributed by atoms with van der Waals surface area (Å²) in [6, 6.07) is 12.8. The molecule has 36 heavy (non-hydrogen) atoms. The van der Waals surface area contributed by atoms with Gasteiger partial charge in [-0.3, -0.25) is 19.2 Å². The summed E-state index contributed by atoms with van der Waals surface area (Å²) in [5.41, 5.74) is 6.88. The standard InChI is InChI=1S/C19H17ClN2O4S.C6H9NO2/c20-14-3-1-2-12(9-14)8-13-11-22-17(23)10-19(22,18(13)24)27(25,26)16-6-4-15(21)5-7-16;8-5-1-2-6(9)7-4-3-5/h1-7,9,13H,8,10-11,21H2;1-4H2,(H,7,9). The lowest BCUT2D eigenvalue weighted by Crippen LogP contribution is -2.67. The number of Topliss-reactive ketones (excluding diaryl/α,β-unsaturated/α-hetero) is 2. The molecule has 0 aliphatic carbocycles. The number of carbonyl (C=O) groups is 4. The number of hydrogen-bond acceptors (Lipinski definition) is 7. The highest BCUT2D eigenvalue weighted by Gasteiger charge is 2.70. The van der Waals surface area contributed by atoms with E-state index in [-0.39, 0.29) is 35.5 Å². The van der Waals surface area contributed by atoms with Crippen molar-refractivity contribution in [2.45, 2.75) is 41.9 Å². The number of amides is 2. The highest BCUT2D eigenvalue weighted by molar-refractivity contribution is 7.93. The zero-order valence-electron chi connectivity index (χ0n) is 19.4. The van der Waals surface area contributed by atoms with Crippen LogP contribution in [0.15, 0.2) is 53.4 Å². The Bertz CT molecular complexity index is 1310. The zero-order valence-corrected chi connectivity index (χ0v) is 21.0. The summed E-state index contributed by atoms with van der Waals surface area (Å²) in [5, 5.41) is 3.16. The molecule has 0 aromatic heterocycles. The average Bonchev–Trinajstić information content (AvgIpc) is 2.92. The SMILES string of the molecule is Nc1ccc(S(=O)(=O)C23CC(=O)N2CC(Cc2cccc(Cl)c2)C3=O)cc1.O=C1CCNC(=O)CC1. The topological polar surface area (TPSA) is 144 Å². The Kier molecular flexibility index (Phi) is 7.19. The molecule has 0 spiro atoms. The summed E-state index contributed by atoms with van der Waals surface area (Å²) in [7, 11) is -4.06. The number of rotatable bonds is 4. The van der Waals surface area contributed by atoms with Crippen LogP contribution in [-0.2, 0) is 35.4 Å². The Hall–Kier alpha value is -3.24. The second-order valence-electron chi connectivity index (χ2n) is 9.07. The highest BCUT2D eigenvalue weighted by Crippen LogP contribution is 2.48. The van der Waals surface area contributed by atoms with Gasteiger partial charge in [0, 0.05) is 49.0 Å². The molecule has 2 amide bonds. The van der Waals surface area contributed by atoms with Crippen molar-refractivity contribution >= 4 is 50.5 Å². The van der Waals surface area contributed by atoms with E-state index in [0.717, 1.165) is 5.56 Å². The monoisotopic (exact) mass is 531 g/mol. The third-order valence-electron chi connectivity index (χ3n) is 6.65. The predicted octanol–water partition coefficient (Wildman–Crippen LogP) is 1.92. The number of carbonyl (C=O) groups excluding carboxylic acids is 4. The summed E-state index contributed by atoms with van der Waals surface area (Å²) >= 11 is 6.00. The van der Waals surface area contributed by atoms with Crippen molar-refractivity contribution in [1.29, 1.82) is 0 Å². The van der Waals surface area contributed by atoms with Gasteiger partial charge in [0.25, 0.3) is 0 Å². The van der Waals surface area contributed by atoms with E-state index >= 15 is 0 Å². The normalized spacial score (nSPS) is 23.7. The number of benzene rings is 2. The molecular weight excluding hydrogens is 506 g/mol. The number of halogens is 1. The molecule has 2 atom stereocenters. The molecular formula is C25H26ClN3O6S. The second kappa shape index (κ2) is 10.0. The third kappa shape index (κ3) is 4.75. The largest absolute Gasteiger partial charge is 0.399 e. The Balaban J connectivity index is 0.000000286. The lowest BCUT2D eigenvalue weighted by Gasteiger charge is -2.44. The Morgan fingerprint density at radius 3 is 2.42 bits per heavy atom. The minimum atomic E-state index is -4.06. The van der Waals surface area contributed by atoms with E-state index in [1.54, 1.807) is 18.2 Å². The summed E-state index contributed by atoms with van der Waals surface area (Å²) in [6.45, 7) is 0.621. The fourth-order valence-corrected chi connectivity index (χ4v) is 7.03. The maximum absolute atomic E-state index is 13.3. The fourth-order valence-electron chi connectivity index (χ4n) is 4.73. The van der Waals surface area contributed by atoms with Crippen molar-refractivity contribution in [2.24, 2.45) is 5.92 Å². The molecule has 3 heterocycles. The zero-order chi connectivity index (χ0) is 26.1. The van der Waals surface area contributed by atoms with Gasteiger partial charge in [0.05, 0.1) is 11.3 Å². The number of ketones is 2. The van der Waals surface area contributed by atoms with E-state index in [2.05, 4.69) is 5.32 Å². The van der Waals surface area contributed by atoms with Gasteiger partial charge in [-0.2, -0.15) is 0 Å². The van der Waals surface area contributed by atoms with Crippen molar-refractivity contribution in [2.75, 3.05) is 18.8 Å². The number of hydrogen-bond donors (Lipinski definition) is 2. The fraction of sp³-hybridized carbons (Fsp3) is 0.360. The Morgan fingerprint density at radius 2 is 1.75 bits per heavy atom. The van der Waals surface area contributed by atoms with Crippen LogP contribution in [0.25, 0.3) is 0 Å². The number of nitrogen functional groups attached to an aromatic ring is 1. The number of nitrogens with zero attached hydrogens (tertiary/aromatic N) is 1. The summed E-state index contributed by atoms with van der Waals surface area (Å²) in [5.74, 6) is -1.15. The molecule has 3 aliphatic heterocycles. The number of nitrogens with two attached hydrogens (primary N) is 1. The van der Waals surface area contributed by atoms with Crippen LogP contribution < -0.4 is 11.1 Å². The molecule has 190 valence electrons. The van der Waals surface area contributed by atoms with Crippen molar-refractivity contribution in [3.63, 3.8) is 0 Å². The minimum absolute atomic E-state index is 0.000787. The maximum Gasteiger partial charge on any atom is 0.228 e. The van der Waals surface area contributed by atoms with Crippen LogP contribution in [0, 0.1) is 5.92 Å². The molecule has 3 saturated heterocycles. The van der Waals surface area contributed by atoms with E-state index < -0.39 is 26.4 Å². The minimum Gasteiger partial charge on any atom is -0.399 e. The molecule has 2 unspecified atom stereocenters. The van der Waals surface area contributed by atoms with Gasteiger partial charge >= 0.3 is 0 Å². The molecule has 0 saturated carbocycles. The molecule has 3 fully saturated rings. The quantitative estimate of drug-likeness (QED) is 0.453. The van der Waals surface area contributed by atoms with E-state index in [0.29, 0.717) is 42.9 Å². The van der Waals surface area contributed by atoms with Crippen molar-refractivity contribution < 1.29 is 27.6 Å². The molecule has 9 nitrogen and oxygen atoms in total. The first-order valence-corrected chi connectivity index (χ1v) is 13.4. The second-order valence-corrected chi connectivity index (χ2v) is 11.7. The highest BCUT2D eigenvalue weighted by atomic mass is 35.5. The predicted molar refractivity (Wildman–Crippen MR) is 133 cm³/mol. The van der Waals surface area contributed by atoms with Crippen LogP contribution in [0.5, 0.6) is 0 Å². The number of nitrogens with one attached hydrogen (secondary N) is 1. The lowest BCUT2D eigenvalue weighted by atomic mass is 9.93. The van der Waals surface area contributed by atoms with E-state index in [1.807, 2.05) is 6.07 Å². The van der Waals surface area contributed by atoms with Gasteiger partial charge < -0.3 is 16.0 Å². The van der Waals surface area contributed by atoms with Crippen molar-refractivity contribution in [3.8, 4) is 0 Å². The third-order valence-corrected chi connectivity index (χ3v) is 9.23. The number of β-lactam (4-membered cyclic amide) rings is 1. The van der Waals surface area contributed by atoms with Crippen LogP contribution in [-0.4, -0.2) is 54.7 Å². The van der Waals surface area contributed by atoms with Gasteiger partial charge in [0.1, 0.15) is 5.78 Å². The molecule has 0 bridgehead atoms. The average molecular weight is 532 g/mol. The molecule has 2 aromatic rings. The Morgan fingerprint density at radius 1 is 1.03 bits per heavy atom. The summed E-state index contributed by atoms with van der Waals surface area (Å²) in [6.07, 6.45) is 1.32. The molecule has 2 aromatic carbocycles. The van der Waals surface area contributed by atoms with Crippen LogP contribution in [0.4, 0.5) is 5.69 Å². The van der Waals surface area contributed by atoms with E-state index in [1.165, 1.54) is 29.2 Å². The smallest absolute Gasteiger partial charge is 0.228 e. The van der Waals surface area contributed by atoms with Gasteiger partial charge in [-0.1, -0.05) is 23.7 Å². The molecule has 3 aliphatic rings. The van der Waals surface area contributed by atoms with Crippen LogP contribution >= 0.6 is 11.6 Å². The molecule has 11 heteroatoms. The first-order chi connectivity index (χ1) is 17.0. The van der Waals surface area contributed by atoms with Crippen LogP contribution in [0.2, 0.25) is 5.02 Å². The van der Waals surface area contributed by atoms with E-state index in [4.69, 9.17) is 17.3 Å². The van der Waals surface area contributed by atoms with Crippen LogP contribution in [0.1, 0.15) is 31.2 Å². The van der Waals surface area contributed by atoms with E-state index in [9.17, 15) is 27.6 Å².